The van der Waals surface area contributed by atoms with Gasteiger partial charge in [-0.25, -0.2) is 0 Å². The molecule has 0 radical (unpaired) electrons. The Kier molecular flexibility index (Phi) is 5.22. The van der Waals surface area contributed by atoms with Gasteiger partial charge in [0.25, 0.3) is 0 Å². The smallest absolute Gasteiger partial charge is 0.237 e. The molecule has 0 spiro atoms. The number of hydrogen-bond donors (Lipinski definition) is 0. The molecule has 0 aliphatic carbocycles. The summed E-state index contributed by atoms with van der Waals surface area (Å²) in [5, 5.41) is 14.0. The monoisotopic (exact) mass is 397 g/mol. The van der Waals surface area contributed by atoms with E-state index in [0.29, 0.717) is 28.9 Å². The molecule has 0 saturated heterocycles. The highest BCUT2D eigenvalue weighted by Crippen LogP contribution is 2.29. The van der Waals surface area contributed by atoms with E-state index in [1.165, 1.54) is 11.8 Å². The summed E-state index contributed by atoms with van der Waals surface area (Å²) in [5.74, 6) is 2.48. The average molecular weight is 398 g/mol. The van der Waals surface area contributed by atoms with E-state index in [0.717, 1.165) is 22.1 Å². The SMILES string of the molecule is Cn1c(SCc2nc(Cc3ccccc3)no2)nnc1-c1ccccc1Cl. The molecule has 0 amide bonds. The van der Waals surface area contributed by atoms with E-state index in [2.05, 4.69) is 20.3 Å². The number of benzene rings is 2. The zero-order chi connectivity index (χ0) is 18.6. The number of nitrogens with zero attached hydrogens (tertiary/aromatic N) is 5. The standard InChI is InChI=1S/C19H16ClN5OS/c1-25-18(14-9-5-6-10-15(14)20)22-23-19(25)27-12-17-21-16(24-26-17)11-13-7-3-2-4-8-13/h2-10H,11-12H2,1H3. The highest BCUT2D eigenvalue weighted by Gasteiger charge is 2.15. The van der Waals surface area contributed by atoms with Crippen LogP contribution in [0, 0.1) is 0 Å². The lowest BCUT2D eigenvalue weighted by Gasteiger charge is -2.04. The van der Waals surface area contributed by atoms with Crippen molar-refractivity contribution in [1.82, 2.24) is 24.9 Å². The van der Waals surface area contributed by atoms with Crippen molar-refractivity contribution in [3.05, 3.63) is 76.9 Å². The van der Waals surface area contributed by atoms with Crippen LogP contribution in [0.2, 0.25) is 5.02 Å². The van der Waals surface area contributed by atoms with Crippen molar-refractivity contribution < 1.29 is 4.52 Å². The summed E-state index contributed by atoms with van der Waals surface area (Å²) in [4.78, 5) is 4.45. The molecule has 4 rings (SSSR count). The van der Waals surface area contributed by atoms with Crippen molar-refractivity contribution in [1.29, 1.82) is 0 Å². The number of rotatable bonds is 6. The first kappa shape index (κ1) is 17.8. The van der Waals surface area contributed by atoms with E-state index >= 15 is 0 Å². The van der Waals surface area contributed by atoms with Crippen LogP contribution in [0.5, 0.6) is 0 Å². The van der Waals surface area contributed by atoms with E-state index < -0.39 is 0 Å². The van der Waals surface area contributed by atoms with Gasteiger partial charge in [-0.1, -0.05) is 71.0 Å². The van der Waals surface area contributed by atoms with Gasteiger partial charge >= 0.3 is 0 Å². The zero-order valence-corrected chi connectivity index (χ0v) is 16.1. The number of halogens is 1. The van der Waals surface area contributed by atoms with Crippen molar-refractivity contribution in [3.63, 3.8) is 0 Å². The predicted molar refractivity (Wildman–Crippen MR) is 105 cm³/mol. The second kappa shape index (κ2) is 7.94. The maximum atomic E-state index is 6.26. The van der Waals surface area contributed by atoms with Crippen LogP contribution >= 0.6 is 23.4 Å². The maximum Gasteiger partial charge on any atom is 0.237 e. The molecule has 2 aromatic heterocycles. The molecule has 27 heavy (non-hydrogen) atoms. The minimum absolute atomic E-state index is 0.524. The van der Waals surface area contributed by atoms with Crippen LogP contribution in [-0.2, 0) is 19.2 Å². The van der Waals surface area contributed by atoms with Gasteiger partial charge in [0.05, 0.1) is 10.8 Å². The molecule has 0 unspecified atom stereocenters. The first-order valence-corrected chi connectivity index (χ1v) is 9.69. The molecule has 0 fully saturated rings. The van der Waals surface area contributed by atoms with Crippen LogP contribution in [0.4, 0.5) is 0 Å². The molecule has 0 aliphatic rings. The first-order valence-electron chi connectivity index (χ1n) is 8.33. The lowest BCUT2D eigenvalue weighted by atomic mass is 10.1. The minimum Gasteiger partial charge on any atom is -0.338 e. The van der Waals surface area contributed by atoms with Crippen molar-refractivity contribution in [2.75, 3.05) is 0 Å². The molecular weight excluding hydrogens is 382 g/mol. The number of thioether (sulfide) groups is 1. The summed E-state index contributed by atoms with van der Waals surface area (Å²) in [6.45, 7) is 0. The Balaban J connectivity index is 1.43. The van der Waals surface area contributed by atoms with E-state index in [-0.39, 0.29) is 0 Å². The molecular formula is C19H16ClN5OS. The summed E-state index contributed by atoms with van der Waals surface area (Å²) in [5.41, 5.74) is 2.00. The van der Waals surface area contributed by atoms with E-state index in [4.69, 9.17) is 16.1 Å². The van der Waals surface area contributed by atoms with Gasteiger partial charge in [0.1, 0.15) is 0 Å². The summed E-state index contributed by atoms with van der Waals surface area (Å²) in [7, 11) is 1.91. The van der Waals surface area contributed by atoms with E-state index in [9.17, 15) is 0 Å². The molecule has 136 valence electrons. The molecule has 0 saturated carbocycles. The third-order valence-electron chi connectivity index (χ3n) is 3.99. The fourth-order valence-electron chi connectivity index (χ4n) is 2.64. The second-order valence-corrected chi connectivity index (χ2v) is 7.25. The third-order valence-corrected chi connectivity index (χ3v) is 5.32. The van der Waals surface area contributed by atoms with Crippen LogP contribution in [-0.4, -0.2) is 24.9 Å². The Labute approximate surface area is 165 Å². The van der Waals surface area contributed by atoms with E-state index in [1.54, 1.807) is 0 Å². The molecule has 0 N–H and O–H groups in total. The Morgan fingerprint density at radius 3 is 2.63 bits per heavy atom. The molecule has 8 heteroatoms. The lowest BCUT2D eigenvalue weighted by molar-refractivity contribution is 0.385. The van der Waals surface area contributed by atoms with Crippen molar-refractivity contribution in [2.24, 2.45) is 7.05 Å². The molecule has 6 nitrogen and oxygen atoms in total. The summed E-state index contributed by atoms with van der Waals surface area (Å²) >= 11 is 7.75. The lowest BCUT2D eigenvalue weighted by Crippen LogP contribution is -1.96. The molecule has 4 aromatic rings. The number of aromatic nitrogens is 5. The predicted octanol–water partition coefficient (Wildman–Crippen LogP) is 4.40. The van der Waals surface area contributed by atoms with Crippen LogP contribution in [0.1, 0.15) is 17.3 Å². The van der Waals surface area contributed by atoms with Crippen LogP contribution < -0.4 is 0 Å². The Morgan fingerprint density at radius 2 is 1.81 bits per heavy atom. The largest absolute Gasteiger partial charge is 0.338 e. The van der Waals surface area contributed by atoms with Gasteiger partial charge in [-0.3, -0.25) is 0 Å². The minimum atomic E-state index is 0.524. The number of hydrogen-bond acceptors (Lipinski definition) is 6. The summed E-state index contributed by atoms with van der Waals surface area (Å²) < 4.78 is 7.26. The average Bonchev–Trinajstić information content (AvgIpc) is 3.28. The fraction of sp³-hybridized carbons (Fsp3) is 0.158. The van der Waals surface area contributed by atoms with Crippen molar-refractivity contribution in [3.8, 4) is 11.4 Å². The third kappa shape index (κ3) is 4.04. The normalized spacial score (nSPS) is 11.0. The fourth-order valence-corrected chi connectivity index (χ4v) is 3.61. The maximum absolute atomic E-state index is 6.26. The molecule has 0 bridgehead atoms. The van der Waals surface area contributed by atoms with Gasteiger partial charge in [-0.2, -0.15) is 4.98 Å². The van der Waals surface area contributed by atoms with Crippen LogP contribution in [0.15, 0.2) is 64.3 Å². The van der Waals surface area contributed by atoms with Crippen molar-refractivity contribution in [2.45, 2.75) is 17.3 Å². The Bertz CT molecular complexity index is 1050. The zero-order valence-electron chi connectivity index (χ0n) is 14.5. The Hall–Kier alpha value is -2.64. The van der Waals surface area contributed by atoms with Crippen LogP contribution in [0.25, 0.3) is 11.4 Å². The highest BCUT2D eigenvalue weighted by atomic mass is 35.5. The quantitative estimate of drug-likeness (QED) is 0.449. The molecule has 2 heterocycles. The van der Waals surface area contributed by atoms with E-state index in [1.807, 2.05) is 66.2 Å². The Morgan fingerprint density at radius 1 is 1.04 bits per heavy atom. The first-order chi connectivity index (χ1) is 13.2. The molecule has 0 atom stereocenters. The van der Waals surface area contributed by atoms with Crippen LogP contribution in [0.3, 0.4) is 0 Å². The van der Waals surface area contributed by atoms with Gasteiger partial charge in [-0.15, -0.1) is 10.2 Å². The summed E-state index contributed by atoms with van der Waals surface area (Å²) in [6.07, 6.45) is 0.648. The van der Waals surface area contributed by atoms with Gasteiger partial charge in [-0.05, 0) is 17.7 Å². The topological polar surface area (TPSA) is 69.6 Å². The van der Waals surface area contributed by atoms with Gasteiger partial charge in [0.2, 0.25) is 5.89 Å². The second-order valence-electron chi connectivity index (χ2n) is 5.90. The van der Waals surface area contributed by atoms with Gasteiger partial charge in [0, 0.05) is 19.0 Å². The van der Waals surface area contributed by atoms with Gasteiger partial charge < -0.3 is 9.09 Å². The highest BCUT2D eigenvalue weighted by molar-refractivity contribution is 7.98. The summed E-state index contributed by atoms with van der Waals surface area (Å²) in [6, 6.07) is 17.6. The molecule has 0 aliphatic heterocycles. The van der Waals surface area contributed by atoms with Gasteiger partial charge in [0.15, 0.2) is 16.8 Å². The van der Waals surface area contributed by atoms with Crippen molar-refractivity contribution >= 4 is 23.4 Å². The molecule has 2 aromatic carbocycles.